The molecule has 0 aromatic rings. The van der Waals surface area contributed by atoms with Crippen LogP contribution in [-0.4, -0.2) is 69.1 Å². The van der Waals surface area contributed by atoms with E-state index in [0.29, 0.717) is 0 Å². The Morgan fingerprint density at radius 3 is 1.83 bits per heavy atom. The average Bonchev–Trinajstić information content (AvgIpc) is 2.85. The van der Waals surface area contributed by atoms with Crippen LogP contribution in [0.15, 0.2) is 0 Å². The van der Waals surface area contributed by atoms with E-state index < -0.39 is 18.2 Å². The molecule has 24 heavy (non-hydrogen) atoms. The highest BCUT2D eigenvalue weighted by Crippen LogP contribution is 2.20. The van der Waals surface area contributed by atoms with E-state index in [1.54, 1.807) is 0 Å². The summed E-state index contributed by atoms with van der Waals surface area (Å²) in [6.07, 6.45) is 8.84. The Labute approximate surface area is 145 Å². The fraction of sp³-hybridized carbons (Fsp3) is 1.00. The van der Waals surface area contributed by atoms with Gasteiger partial charge in [-0.1, -0.05) is 38.5 Å². The number of nitrogens with one attached hydrogen (secondary N) is 1. The maximum absolute atomic E-state index is 9.90. The summed E-state index contributed by atoms with van der Waals surface area (Å²) in [7, 11) is 0. The molecule has 1 fully saturated rings. The summed E-state index contributed by atoms with van der Waals surface area (Å²) in [5.41, 5.74) is 0. The molecule has 0 radical (unpaired) electrons. The van der Waals surface area contributed by atoms with E-state index in [1.807, 2.05) is 0 Å². The van der Waals surface area contributed by atoms with Crippen molar-refractivity contribution in [1.82, 2.24) is 5.32 Å². The Morgan fingerprint density at radius 2 is 1.25 bits per heavy atom. The van der Waals surface area contributed by atoms with E-state index in [-0.39, 0.29) is 25.4 Å². The summed E-state index contributed by atoms with van der Waals surface area (Å²) in [5.74, 6) is 0. The monoisotopic (exact) mass is 347 g/mol. The van der Waals surface area contributed by atoms with E-state index in [0.717, 1.165) is 70.6 Å². The SMILES string of the molecule is OCCCC[C@H](O)CCCCCCCC[C@@H]1N[C@H](CO)[C@@H](O)[C@@H]1O. The first kappa shape index (κ1) is 21.8. The molecule has 0 bridgehead atoms. The second-order valence-electron chi connectivity index (χ2n) is 7.12. The fourth-order valence-corrected chi connectivity index (χ4v) is 3.45. The minimum atomic E-state index is -0.871. The zero-order chi connectivity index (χ0) is 17.8. The van der Waals surface area contributed by atoms with Gasteiger partial charge in [0, 0.05) is 12.6 Å². The highest BCUT2D eigenvalue weighted by atomic mass is 16.3. The standard InChI is InChI=1S/C18H37NO5/c20-12-8-7-10-14(22)9-5-3-1-2-4-6-11-15-17(23)18(24)16(13-21)19-15/h14-24H,1-13H2/t14-,15+,16-,17-,18-/m1/s1. The highest BCUT2D eigenvalue weighted by Gasteiger charge is 2.39. The minimum Gasteiger partial charge on any atom is -0.396 e. The normalized spacial score (nSPS) is 28.4. The van der Waals surface area contributed by atoms with Gasteiger partial charge in [-0.3, -0.25) is 0 Å². The smallest absolute Gasteiger partial charge is 0.0989 e. The maximum Gasteiger partial charge on any atom is 0.0989 e. The summed E-state index contributed by atoms with van der Waals surface area (Å²) >= 11 is 0. The van der Waals surface area contributed by atoms with Crippen molar-refractivity contribution in [3.8, 4) is 0 Å². The van der Waals surface area contributed by atoms with Gasteiger partial charge in [-0.15, -0.1) is 0 Å². The van der Waals surface area contributed by atoms with Gasteiger partial charge in [0.1, 0.15) is 0 Å². The van der Waals surface area contributed by atoms with Crippen molar-refractivity contribution in [1.29, 1.82) is 0 Å². The van der Waals surface area contributed by atoms with Crippen LogP contribution in [0, 0.1) is 0 Å². The van der Waals surface area contributed by atoms with Crippen LogP contribution in [0.4, 0.5) is 0 Å². The molecule has 0 unspecified atom stereocenters. The highest BCUT2D eigenvalue weighted by molar-refractivity contribution is 4.97. The predicted octanol–water partition coefficient (Wildman–Crippen LogP) is 0.685. The third-order valence-electron chi connectivity index (χ3n) is 5.05. The zero-order valence-electron chi connectivity index (χ0n) is 14.8. The van der Waals surface area contributed by atoms with Crippen LogP contribution in [0.1, 0.15) is 70.6 Å². The van der Waals surface area contributed by atoms with Gasteiger partial charge in [0.25, 0.3) is 0 Å². The fourth-order valence-electron chi connectivity index (χ4n) is 3.45. The molecule has 1 aliphatic rings. The van der Waals surface area contributed by atoms with Crippen LogP contribution in [0.2, 0.25) is 0 Å². The van der Waals surface area contributed by atoms with E-state index >= 15 is 0 Å². The summed E-state index contributed by atoms with van der Waals surface area (Å²) in [5, 5.41) is 50.3. The Hall–Kier alpha value is -0.240. The van der Waals surface area contributed by atoms with Gasteiger partial charge in [-0.2, -0.15) is 0 Å². The molecule has 0 aromatic carbocycles. The molecule has 0 amide bonds. The predicted molar refractivity (Wildman–Crippen MR) is 93.7 cm³/mol. The lowest BCUT2D eigenvalue weighted by molar-refractivity contribution is 0.0186. The number of hydrogen-bond donors (Lipinski definition) is 6. The summed E-state index contributed by atoms with van der Waals surface area (Å²) in [4.78, 5) is 0. The number of hydrogen-bond acceptors (Lipinski definition) is 6. The van der Waals surface area contributed by atoms with Crippen LogP contribution < -0.4 is 5.32 Å². The molecule has 6 heteroatoms. The lowest BCUT2D eigenvalue weighted by Gasteiger charge is -2.15. The van der Waals surface area contributed by atoms with Crippen molar-refractivity contribution in [3.05, 3.63) is 0 Å². The molecule has 1 aliphatic heterocycles. The molecule has 1 rings (SSSR count). The number of unbranched alkanes of at least 4 members (excludes halogenated alkanes) is 6. The first-order valence-electron chi connectivity index (χ1n) is 9.62. The molecule has 6 N–H and O–H groups in total. The van der Waals surface area contributed by atoms with Gasteiger partial charge in [0.05, 0.1) is 31.0 Å². The summed E-state index contributed by atoms with van der Waals surface area (Å²) in [6.45, 7) is 0.0559. The first-order valence-corrected chi connectivity index (χ1v) is 9.62. The van der Waals surface area contributed by atoms with Gasteiger partial charge in [0.15, 0.2) is 0 Å². The molecule has 0 saturated carbocycles. The molecule has 144 valence electrons. The van der Waals surface area contributed by atoms with Crippen LogP contribution in [0.5, 0.6) is 0 Å². The van der Waals surface area contributed by atoms with E-state index in [4.69, 9.17) is 10.2 Å². The molecular weight excluding hydrogens is 310 g/mol. The Morgan fingerprint density at radius 1 is 0.708 bits per heavy atom. The lowest BCUT2D eigenvalue weighted by atomic mass is 10.0. The number of aliphatic hydroxyl groups is 5. The molecule has 6 nitrogen and oxygen atoms in total. The van der Waals surface area contributed by atoms with Gasteiger partial charge in [-0.25, -0.2) is 0 Å². The minimum absolute atomic E-state index is 0.119. The van der Waals surface area contributed by atoms with Gasteiger partial charge >= 0.3 is 0 Å². The molecule has 0 spiro atoms. The van der Waals surface area contributed by atoms with E-state index in [9.17, 15) is 15.3 Å². The van der Waals surface area contributed by atoms with Gasteiger partial charge in [-0.05, 0) is 32.1 Å². The summed E-state index contributed by atoms with van der Waals surface area (Å²) in [6, 6.07) is -0.528. The second-order valence-corrected chi connectivity index (χ2v) is 7.12. The second kappa shape index (κ2) is 13.0. The van der Waals surface area contributed by atoms with Crippen molar-refractivity contribution in [3.63, 3.8) is 0 Å². The van der Waals surface area contributed by atoms with Gasteiger partial charge < -0.3 is 30.8 Å². The quantitative estimate of drug-likeness (QED) is 0.258. The number of rotatable bonds is 14. The van der Waals surface area contributed by atoms with Crippen LogP contribution >= 0.6 is 0 Å². The molecular formula is C18H37NO5. The third kappa shape index (κ3) is 8.23. The van der Waals surface area contributed by atoms with Crippen molar-refractivity contribution < 1.29 is 25.5 Å². The molecule has 0 aliphatic carbocycles. The van der Waals surface area contributed by atoms with E-state index in [1.165, 1.54) is 0 Å². The Balaban J connectivity index is 1.92. The van der Waals surface area contributed by atoms with Crippen molar-refractivity contribution in [2.75, 3.05) is 13.2 Å². The largest absolute Gasteiger partial charge is 0.396 e. The van der Waals surface area contributed by atoms with Crippen LogP contribution in [0.3, 0.4) is 0 Å². The lowest BCUT2D eigenvalue weighted by Crippen LogP contribution is -2.36. The van der Waals surface area contributed by atoms with Crippen molar-refractivity contribution in [2.24, 2.45) is 0 Å². The van der Waals surface area contributed by atoms with Crippen LogP contribution in [0.25, 0.3) is 0 Å². The third-order valence-corrected chi connectivity index (χ3v) is 5.05. The number of aliphatic hydroxyl groups excluding tert-OH is 5. The first-order chi connectivity index (χ1) is 11.6. The average molecular weight is 347 g/mol. The molecule has 5 atom stereocenters. The Bertz CT molecular complexity index is 305. The van der Waals surface area contributed by atoms with Gasteiger partial charge in [0.2, 0.25) is 0 Å². The van der Waals surface area contributed by atoms with Crippen molar-refractivity contribution >= 4 is 0 Å². The molecule has 1 heterocycles. The topological polar surface area (TPSA) is 113 Å². The maximum atomic E-state index is 9.90. The molecule has 1 saturated heterocycles. The van der Waals surface area contributed by atoms with Crippen LogP contribution in [-0.2, 0) is 0 Å². The molecule has 0 aromatic heterocycles. The zero-order valence-corrected chi connectivity index (χ0v) is 14.8. The van der Waals surface area contributed by atoms with Crippen molar-refractivity contribution in [2.45, 2.75) is 101 Å². The summed E-state index contributed by atoms with van der Waals surface area (Å²) < 4.78 is 0. The Kier molecular flexibility index (Phi) is 11.8. The van der Waals surface area contributed by atoms with E-state index in [2.05, 4.69) is 5.32 Å².